The number of amides is 1. The van der Waals surface area contributed by atoms with Crippen LogP contribution in [0.3, 0.4) is 0 Å². The molecule has 1 aromatic heterocycles. The van der Waals surface area contributed by atoms with Gasteiger partial charge in [-0.2, -0.15) is 0 Å². The van der Waals surface area contributed by atoms with E-state index in [4.69, 9.17) is 5.73 Å². The fourth-order valence-corrected chi connectivity index (χ4v) is 2.83. The Morgan fingerprint density at radius 3 is 2.90 bits per heavy atom. The zero-order valence-electron chi connectivity index (χ0n) is 12.6. The van der Waals surface area contributed by atoms with E-state index < -0.39 is 6.10 Å². The van der Waals surface area contributed by atoms with Crippen molar-refractivity contribution in [2.75, 3.05) is 5.73 Å². The van der Waals surface area contributed by atoms with E-state index >= 15 is 0 Å². The molecule has 1 heterocycles. The van der Waals surface area contributed by atoms with Crippen LogP contribution in [-0.2, 0) is 6.42 Å². The molecule has 21 heavy (non-hydrogen) atoms. The predicted octanol–water partition coefficient (Wildman–Crippen LogP) is 2.04. The van der Waals surface area contributed by atoms with E-state index in [1.807, 2.05) is 0 Å². The van der Waals surface area contributed by atoms with Gasteiger partial charge in [-0.25, -0.2) is 4.98 Å². The summed E-state index contributed by atoms with van der Waals surface area (Å²) in [5.74, 6) is 0.194. The fraction of sp³-hybridized carbons (Fsp3) is 0.625. The molecule has 0 aliphatic heterocycles. The number of nitrogens with one attached hydrogen (secondary N) is 1. The van der Waals surface area contributed by atoms with Gasteiger partial charge >= 0.3 is 0 Å². The van der Waals surface area contributed by atoms with E-state index in [-0.39, 0.29) is 11.9 Å². The third-order valence-corrected chi connectivity index (χ3v) is 3.96. The van der Waals surface area contributed by atoms with Crippen LogP contribution in [0.2, 0.25) is 0 Å². The molecule has 0 saturated heterocycles. The predicted molar refractivity (Wildman–Crippen MR) is 83.0 cm³/mol. The summed E-state index contributed by atoms with van der Waals surface area (Å²) >= 11 is 0. The molecule has 1 amide bonds. The Labute approximate surface area is 126 Å². The topological polar surface area (TPSA) is 88.2 Å². The van der Waals surface area contributed by atoms with Crippen molar-refractivity contribution in [1.29, 1.82) is 0 Å². The quantitative estimate of drug-likeness (QED) is 0.741. The number of aromatic nitrogens is 1. The summed E-state index contributed by atoms with van der Waals surface area (Å²) in [6, 6.07) is 3.22. The molecule has 0 bridgehead atoms. The molecule has 2 rings (SSSR count). The minimum Gasteiger partial charge on any atom is -0.391 e. The van der Waals surface area contributed by atoms with Crippen molar-refractivity contribution in [3.63, 3.8) is 0 Å². The molecule has 1 aliphatic rings. The number of hydrogen-bond donors (Lipinski definition) is 3. The summed E-state index contributed by atoms with van der Waals surface area (Å²) in [5, 5.41) is 13.0. The summed E-state index contributed by atoms with van der Waals surface area (Å²) in [6.07, 6.45) is 6.08. The number of carbonyl (C=O) groups is 1. The first kappa shape index (κ1) is 15.8. The van der Waals surface area contributed by atoms with E-state index in [1.54, 1.807) is 12.1 Å². The highest BCUT2D eigenvalue weighted by atomic mass is 16.3. The molecular formula is C16H25N3O2. The Morgan fingerprint density at radius 2 is 2.14 bits per heavy atom. The van der Waals surface area contributed by atoms with E-state index in [2.05, 4.69) is 17.2 Å². The highest BCUT2D eigenvalue weighted by molar-refractivity contribution is 5.95. The Kier molecular flexibility index (Phi) is 5.56. The van der Waals surface area contributed by atoms with Crippen molar-refractivity contribution in [2.24, 2.45) is 0 Å². The van der Waals surface area contributed by atoms with Gasteiger partial charge in [-0.05, 0) is 31.4 Å². The maximum Gasteiger partial charge on any atom is 0.251 e. The zero-order chi connectivity index (χ0) is 15.2. The molecule has 2 unspecified atom stereocenters. The second-order valence-corrected chi connectivity index (χ2v) is 5.81. The van der Waals surface area contributed by atoms with Gasteiger partial charge in [-0.3, -0.25) is 4.79 Å². The minimum absolute atomic E-state index is 0.163. The maximum atomic E-state index is 12.4. The second kappa shape index (κ2) is 7.41. The normalized spacial score (nSPS) is 22.6. The van der Waals surface area contributed by atoms with Gasteiger partial charge in [0, 0.05) is 11.3 Å². The first-order chi connectivity index (χ1) is 10.1. The van der Waals surface area contributed by atoms with Crippen LogP contribution in [0.15, 0.2) is 12.1 Å². The van der Waals surface area contributed by atoms with Gasteiger partial charge in [-0.1, -0.05) is 32.6 Å². The zero-order valence-corrected chi connectivity index (χ0v) is 12.6. The molecule has 0 aromatic carbocycles. The highest BCUT2D eigenvalue weighted by Gasteiger charge is 2.23. The van der Waals surface area contributed by atoms with Crippen molar-refractivity contribution >= 4 is 11.7 Å². The number of pyridine rings is 1. The van der Waals surface area contributed by atoms with Gasteiger partial charge in [0.05, 0.1) is 12.1 Å². The lowest BCUT2D eigenvalue weighted by molar-refractivity contribution is 0.0818. The van der Waals surface area contributed by atoms with Gasteiger partial charge < -0.3 is 16.2 Å². The number of hydrogen-bond acceptors (Lipinski definition) is 4. The average Bonchev–Trinajstić information content (AvgIpc) is 2.64. The SMILES string of the molecule is CCCc1cc(C(=O)NC2CCCCCC2O)cc(N)n1. The molecular weight excluding hydrogens is 266 g/mol. The lowest BCUT2D eigenvalue weighted by Gasteiger charge is -2.22. The molecule has 2 atom stereocenters. The first-order valence-corrected chi connectivity index (χ1v) is 7.85. The van der Waals surface area contributed by atoms with Crippen LogP contribution in [0, 0.1) is 0 Å². The Morgan fingerprint density at radius 1 is 1.38 bits per heavy atom. The largest absolute Gasteiger partial charge is 0.391 e. The summed E-state index contributed by atoms with van der Waals surface area (Å²) in [7, 11) is 0. The third-order valence-electron chi connectivity index (χ3n) is 3.96. The standard InChI is InChI=1S/C16H25N3O2/c1-2-6-12-9-11(10-15(17)18-12)16(21)19-13-7-4-3-5-8-14(13)20/h9-10,13-14,20H,2-8H2,1H3,(H2,17,18)(H,19,21). The minimum atomic E-state index is -0.453. The lowest BCUT2D eigenvalue weighted by Crippen LogP contribution is -2.42. The number of aryl methyl sites for hydroxylation is 1. The average molecular weight is 291 g/mol. The van der Waals surface area contributed by atoms with Crippen LogP contribution in [0.4, 0.5) is 5.82 Å². The Bertz CT molecular complexity index is 490. The smallest absolute Gasteiger partial charge is 0.251 e. The molecule has 0 spiro atoms. The van der Waals surface area contributed by atoms with Crippen LogP contribution < -0.4 is 11.1 Å². The monoisotopic (exact) mass is 291 g/mol. The van der Waals surface area contributed by atoms with Gasteiger partial charge in [-0.15, -0.1) is 0 Å². The van der Waals surface area contributed by atoms with E-state index in [9.17, 15) is 9.90 Å². The number of carbonyl (C=O) groups excluding carboxylic acids is 1. The fourth-order valence-electron chi connectivity index (χ4n) is 2.83. The number of rotatable bonds is 4. The van der Waals surface area contributed by atoms with Gasteiger partial charge in [0.15, 0.2) is 0 Å². The van der Waals surface area contributed by atoms with Crippen molar-refractivity contribution in [3.05, 3.63) is 23.4 Å². The molecule has 1 saturated carbocycles. The molecule has 1 aromatic rings. The molecule has 5 nitrogen and oxygen atoms in total. The van der Waals surface area contributed by atoms with E-state index in [0.29, 0.717) is 11.4 Å². The molecule has 1 fully saturated rings. The number of anilines is 1. The maximum absolute atomic E-state index is 12.4. The molecule has 4 N–H and O–H groups in total. The van der Waals surface area contributed by atoms with Crippen LogP contribution in [-0.4, -0.2) is 28.1 Å². The second-order valence-electron chi connectivity index (χ2n) is 5.81. The van der Waals surface area contributed by atoms with Crippen LogP contribution in [0.25, 0.3) is 0 Å². The first-order valence-electron chi connectivity index (χ1n) is 7.85. The molecule has 5 heteroatoms. The summed E-state index contributed by atoms with van der Waals surface area (Å²) in [6.45, 7) is 2.06. The number of nitrogen functional groups attached to an aromatic ring is 1. The van der Waals surface area contributed by atoms with Crippen molar-refractivity contribution in [1.82, 2.24) is 10.3 Å². The molecule has 0 radical (unpaired) electrons. The van der Waals surface area contributed by atoms with Crippen LogP contribution in [0.1, 0.15) is 61.5 Å². The third kappa shape index (κ3) is 4.43. The summed E-state index contributed by atoms with van der Waals surface area (Å²) in [4.78, 5) is 16.6. The van der Waals surface area contributed by atoms with Gasteiger partial charge in [0.1, 0.15) is 5.82 Å². The molecule has 116 valence electrons. The lowest BCUT2D eigenvalue weighted by atomic mass is 10.1. The van der Waals surface area contributed by atoms with E-state index in [0.717, 1.165) is 50.6 Å². The highest BCUT2D eigenvalue weighted by Crippen LogP contribution is 2.19. The van der Waals surface area contributed by atoms with Crippen LogP contribution in [0.5, 0.6) is 0 Å². The van der Waals surface area contributed by atoms with Crippen molar-refractivity contribution in [3.8, 4) is 0 Å². The Balaban J connectivity index is 2.08. The van der Waals surface area contributed by atoms with Crippen molar-refractivity contribution < 1.29 is 9.90 Å². The molecule has 1 aliphatic carbocycles. The number of aliphatic hydroxyl groups excluding tert-OH is 1. The number of nitrogens with two attached hydrogens (primary N) is 1. The summed E-state index contributed by atoms with van der Waals surface area (Å²) < 4.78 is 0. The number of nitrogens with zero attached hydrogens (tertiary/aromatic N) is 1. The van der Waals surface area contributed by atoms with Gasteiger partial charge in [0.25, 0.3) is 5.91 Å². The van der Waals surface area contributed by atoms with Crippen molar-refractivity contribution in [2.45, 2.75) is 64.0 Å². The van der Waals surface area contributed by atoms with Gasteiger partial charge in [0.2, 0.25) is 0 Å². The Hall–Kier alpha value is -1.62. The van der Waals surface area contributed by atoms with E-state index in [1.165, 1.54) is 0 Å². The summed E-state index contributed by atoms with van der Waals surface area (Å²) in [5.41, 5.74) is 7.14. The number of aliphatic hydroxyl groups is 1. The van der Waals surface area contributed by atoms with Crippen LogP contribution >= 0.6 is 0 Å².